The smallest absolute Gasteiger partial charge is 0.251 e. The molecule has 0 aliphatic heterocycles. The van der Waals surface area contributed by atoms with Crippen molar-refractivity contribution in [1.29, 1.82) is 0 Å². The topological polar surface area (TPSA) is 80.9 Å². The number of amides is 1. The van der Waals surface area contributed by atoms with E-state index in [0.717, 1.165) is 6.42 Å². The second-order valence-electron chi connectivity index (χ2n) is 9.05. The second-order valence-corrected chi connectivity index (χ2v) is 9.05. The highest BCUT2D eigenvalue weighted by Gasteiger charge is 2.32. The summed E-state index contributed by atoms with van der Waals surface area (Å²) in [6.07, 6.45) is 7.10. The molecule has 0 radical (unpaired) electrons. The standard InChI is InChI=1S/C26H29FN4O2/c1-16(2)22-13-19(14-24-30-31-26(33-24)21-6-4-5-7-23(21)27)17(3)12-20(22)15-29-25(32)18-8-10-28-11-9-18/h4-12,16,19-20,22H,13-15H2,1-3H3,(H,29,32)/t19-,20-,22-/m0/s1. The largest absolute Gasteiger partial charge is 0.421 e. The van der Waals surface area contributed by atoms with Crippen LogP contribution in [-0.4, -0.2) is 27.6 Å². The van der Waals surface area contributed by atoms with Crippen LogP contribution >= 0.6 is 0 Å². The molecule has 4 rings (SSSR count). The van der Waals surface area contributed by atoms with Gasteiger partial charge in [0.2, 0.25) is 5.89 Å². The van der Waals surface area contributed by atoms with E-state index in [1.165, 1.54) is 11.6 Å². The average Bonchev–Trinajstić information content (AvgIpc) is 3.28. The van der Waals surface area contributed by atoms with E-state index in [4.69, 9.17) is 4.42 Å². The molecule has 6 nitrogen and oxygen atoms in total. The maximum Gasteiger partial charge on any atom is 0.251 e. The minimum atomic E-state index is -0.377. The van der Waals surface area contributed by atoms with Crippen molar-refractivity contribution < 1.29 is 13.6 Å². The van der Waals surface area contributed by atoms with Gasteiger partial charge in [0.15, 0.2) is 0 Å². The number of rotatable bonds is 7. The van der Waals surface area contributed by atoms with E-state index in [2.05, 4.69) is 47.3 Å². The highest BCUT2D eigenvalue weighted by atomic mass is 19.1. The fourth-order valence-corrected chi connectivity index (χ4v) is 4.61. The summed E-state index contributed by atoms with van der Waals surface area (Å²) in [5, 5.41) is 11.3. The van der Waals surface area contributed by atoms with Gasteiger partial charge in [-0.25, -0.2) is 4.39 Å². The molecule has 2 heterocycles. The van der Waals surface area contributed by atoms with E-state index in [-0.39, 0.29) is 29.5 Å². The molecule has 1 N–H and O–H groups in total. The van der Waals surface area contributed by atoms with Crippen LogP contribution in [-0.2, 0) is 6.42 Å². The van der Waals surface area contributed by atoms with Crippen LogP contribution in [0.5, 0.6) is 0 Å². The van der Waals surface area contributed by atoms with Crippen LogP contribution < -0.4 is 5.32 Å². The van der Waals surface area contributed by atoms with Crippen molar-refractivity contribution in [3.05, 3.63) is 77.7 Å². The van der Waals surface area contributed by atoms with Gasteiger partial charge in [-0.15, -0.1) is 10.2 Å². The van der Waals surface area contributed by atoms with Crippen LogP contribution in [0.15, 0.2) is 64.9 Å². The summed E-state index contributed by atoms with van der Waals surface area (Å²) < 4.78 is 19.9. The number of allylic oxidation sites excluding steroid dienone is 1. The zero-order valence-electron chi connectivity index (χ0n) is 19.2. The van der Waals surface area contributed by atoms with Gasteiger partial charge in [-0.1, -0.05) is 37.6 Å². The lowest BCUT2D eigenvalue weighted by Gasteiger charge is -2.37. The quantitative estimate of drug-likeness (QED) is 0.509. The first-order valence-corrected chi connectivity index (χ1v) is 11.4. The molecule has 3 aromatic rings. The third-order valence-electron chi connectivity index (χ3n) is 6.52. The number of halogens is 1. The molecule has 1 aliphatic carbocycles. The van der Waals surface area contributed by atoms with E-state index >= 15 is 0 Å². The van der Waals surface area contributed by atoms with Crippen molar-refractivity contribution in [1.82, 2.24) is 20.5 Å². The van der Waals surface area contributed by atoms with Gasteiger partial charge < -0.3 is 9.73 Å². The number of hydrogen-bond acceptors (Lipinski definition) is 5. The molecule has 33 heavy (non-hydrogen) atoms. The van der Waals surface area contributed by atoms with E-state index in [1.54, 1.807) is 42.7 Å². The van der Waals surface area contributed by atoms with Crippen LogP contribution in [0.1, 0.15) is 43.4 Å². The molecular formula is C26H29FN4O2. The maximum absolute atomic E-state index is 14.1. The van der Waals surface area contributed by atoms with Crippen LogP contribution in [0.2, 0.25) is 0 Å². The number of carbonyl (C=O) groups is 1. The Morgan fingerprint density at radius 1 is 1.18 bits per heavy atom. The summed E-state index contributed by atoms with van der Waals surface area (Å²) in [6.45, 7) is 7.15. The molecule has 0 saturated heterocycles. The third-order valence-corrected chi connectivity index (χ3v) is 6.52. The van der Waals surface area contributed by atoms with Gasteiger partial charge in [0.25, 0.3) is 11.8 Å². The Labute approximate surface area is 193 Å². The zero-order valence-corrected chi connectivity index (χ0v) is 19.2. The number of nitrogens with zero attached hydrogens (tertiary/aromatic N) is 3. The van der Waals surface area contributed by atoms with Gasteiger partial charge in [0.05, 0.1) is 5.56 Å². The highest BCUT2D eigenvalue weighted by Crippen LogP contribution is 2.39. The van der Waals surface area contributed by atoms with Crippen LogP contribution in [0.4, 0.5) is 4.39 Å². The predicted octanol–water partition coefficient (Wildman–Crippen LogP) is 5.10. The number of benzene rings is 1. The van der Waals surface area contributed by atoms with E-state index in [1.807, 2.05) is 0 Å². The number of pyridine rings is 1. The van der Waals surface area contributed by atoms with Crippen LogP contribution in [0.3, 0.4) is 0 Å². The van der Waals surface area contributed by atoms with E-state index in [9.17, 15) is 9.18 Å². The summed E-state index contributed by atoms with van der Waals surface area (Å²) in [4.78, 5) is 16.4. The van der Waals surface area contributed by atoms with Gasteiger partial charge in [-0.05, 0) is 61.3 Å². The Morgan fingerprint density at radius 3 is 2.67 bits per heavy atom. The monoisotopic (exact) mass is 448 g/mol. The predicted molar refractivity (Wildman–Crippen MR) is 124 cm³/mol. The Hall–Kier alpha value is -3.35. The molecule has 0 unspecified atom stereocenters. The molecule has 7 heteroatoms. The lowest BCUT2D eigenvalue weighted by Crippen LogP contribution is -2.37. The average molecular weight is 449 g/mol. The summed E-state index contributed by atoms with van der Waals surface area (Å²) in [5.41, 5.74) is 2.18. The van der Waals surface area contributed by atoms with Crippen molar-refractivity contribution in [2.45, 2.75) is 33.6 Å². The van der Waals surface area contributed by atoms with Crippen molar-refractivity contribution in [2.24, 2.45) is 23.7 Å². The number of aromatic nitrogens is 3. The minimum absolute atomic E-state index is 0.0837. The normalized spacial score (nSPS) is 20.5. The summed E-state index contributed by atoms with van der Waals surface area (Å²) in [5.74, 6) is 1.64. The molecule has 0 fully saturated rings. The third kappa shape index (κ3) is 5.35. The maximum atomic E-state index is 14.1. The van der Waals surface area contributed by atoms with Crippen LogP contribution in [0, 0.1) is 29.5 Å². The zero-order chi connectivity index (χ0) is 23.4. The molecule has 3 atom stereocenters. The van der Waals surface area contributed by atoms with Gasteiger partial charge in [-0.3, -0.25) is 9.78 Å². The molecule has 0 bridgehead atoms. The van der Waals surface area contributed by atoms with Gasteiger partial charge >= 0.3 is 0 Å². The Bertz CT molecular complexity index is 1130. The first-order chi connectivity index (χ1) is 15.9. The second kappa shape index (κ2) is 10.1. The number of hydrogen-bond donors (Lipinski definition) is 1. The molecule has 1 aliphatic rings. The minimum Gasteiger partial charge on any atom is -0.421 e. The van der Waals surface area contributed by atoms with Crippen molar-refractivity contribution in [3.63, 3.8) is 0 Å². The highest BCUT2D eigenvalue weighted by molar-refractivity contribution is 5.93. The molecule has 1 aromatic carbocycles. The molecule has 172 valence electrons. The van der Waals surface area contributed by atoms with Crippen LogP contribution in [0.25, 0.3) is 11.5 Å². The van der Waals surface area contributed by atoms with E-state index in [0.29, 0.717) is 41.8 Å². The van der Waals surface area contributed by atoms with Crippen molar-refractivity contribution in [2.75, 3.05) is 6.54 Å². The van der Waals surface area contributed by atoms with Gasteiger partial charge in [0, 0.05) is 30.9 Å². The molecule has 0 spiro atoms. The summed E-state index contributed by atoms with van der Waals surface area (Å²) >= 11 is 0. The Kier molecular flexibility index (Phi) is 6.96. The first kappa shape index (κ1) is 22.8. The lowest BCUT2D eigenvalue weighted by atomic mass is 9.70. The number of nitrogens with one attached hydrogen (secondary N) is 1. The first-order valence-electron chi connectivity index (χ1n) is 11.4. The molecule has 0 saturated carbocycles. The van der Waals surface area contributed by atoms with Crippen molar-refractivity contribution >= 4 is 5.91 Å². The fraction of sp³-hybridized carbons (Fsp3) is 0.385. The summed E-state index contributed by atoms with van der Waals surface area (Å²) in [7, 11) is 0. The molecule has 2 aromatic heterocycles. The van der Waals surface area contributed by atoms with Gasteiger partial charge in [0.1, 0.15) is 5.82 Å². The molecular weight excluding hydrogens is 419 g/mol. The summed E-state index contributed by atoms with van der Waals surface area (Å²) in [6, 6.07) is 9.83. The SMILES string of the molecule is CC1=C[C@@H](CNC(=O)c2ccncc2)[C@H](C(C)C)C[C@H]1Cc1nnc(-c2ccccc2F)o1. The van der Waals surface area contributed by atoms with Crippen molar-refractivity contribution in [3.8, 4) is 11.5 Å². The van der Waals surface area contributed by atoms with E-state index < -0.39 is 0 Å². The fourth-order valence-electron chi connectivity index (χ4n) is 4.61. The van der Waals surface area contributed by atoms with Gasteiger partial charge in [-0.2, -0.15) is 0 Å². The Morgan fingerprint density at radius 2 is 1.94 bits per heavy atom. The Balaban J connectivity index is 1.44. The molecule has 1 amide bonds. The number of carbonyl (C=O) groups excluding carboxylic acids is 1. The lowest BCUT2D eigenvalue weighted by molar-refractivity contribution is 0.0939.